The third kappa shape index (κ3) is 2.51. The normalized spacial score (nSPS) is 23.8. The summed E-state index contributed by atoms with van der Waals surface area (Å²) in [6.45, 7) is 10.3. The van der Waals surface area contributed by atoms with Crippen LogP contribution in [0.2, 0.25) is 0 Å². The number of nitrogen functional groups attached to an aromatic ring is 1. The van der Waals surface area contributed by atoms with E-state index in [0.717, 1.165) is 24.4 Å². The molecular weight excluding hydrogens is 265 g/mol. The Morgan fingerprint density at radius 2 is 1.71 bits per heavy atom. The summed E-state index contributed by atoms with van der Waals surface area (Å²) in [5.74, 6) is 0.964. The summed E-state index contributed by atoms with van der Waals surface area (Å²) in [4.78, 5) is 6.74. The van der Waals surface area contributed by atoms with E-state index in [0.29, 0.717) is 5.69 Å². The number of hydrogen-bond donors (Lipinski definition) is 1. The maximum atomic E-state index is 6.10. The molecule has 0 aromatic carbocycles. The number of hydrogen-bond acceptors (Lipinski definition) is 5. The Morgan fingerprint density at radius 1 is 1.14 bits per heavy atom. The molecule has 0 atom stereocenters. The highest BCUT2D eigenvalue weighted by molar-refractivity contribution is 6.64. The van der Waals surface area contributed by atoms with Crippen molar-refractivity contribution in [3.05, 3.63) is 12.3 Å². The molecule has 6 heteroatoms. The third-order valence-electron chi connectivity index (χ3n) is 4.89. The molecule has 0 spiro atoms. The van der Waals surface area contributed by atoms with Gasteiger partial charge in [-0.1, -0.05) is 0 Å². The molecule has 3 heterocycles. The second-order valence-electron chi connectivity index (χ2n) is 6.95. The Kier molecular flexibility index (Phi) is 3.41. The van der Waals surface area contributed by atoms with Crippen molar-refractivity contribution in [2.45, 2.75) is 51.7 Å². The summed E-state index contributed by atoms with van der Waals surface area (Å²) in [6, 6.07) is 2.02. The molecule has 114 valence electrons. The van der Waals surface area contributed by atoms with E-state index in [-0.39, 0.29) is 11.2 Å². The van der Waals surface area contributed by atoms with E-state index in [4.69, 9.17) is 15.0 Å². The van der Waals surface area contributed by atoms with Gasteiger partial charge in [-0.05, 0) is 46.6 Å². The van der Waals surface area contributed by atoms with Crippen LogP contribution in [0.25, 0.3) is 0 Å². The van der Waals surface area contributed by atoms with Crippen molar-refractivity contribution < 1.29 is 9.31 Å². The van der Waals surface area contributed by atoms with E-state index in [9.17, 15) is 0 Å². The van der Waals surface area contributed by atoms with Crippen LogP contribution in [0.4, 0.5) is 11.5 Å². The van der Waals surface area contributed by atoms with Crippen LogP contribution >= 0.6 is 0 Å². The zero-order chi connectivity index (χ0) is 15.3. The fourth-order valence-electron chi connectivity index (χ4n) is 2.76. The maximum absolute atomic E-state index is 6.10. The summed E-state index contributed by atoms with van der Waals surface area (Å²) >= 11 is 0. The van der Waals surface area contributed by atoms with Crippen LogP contribution in [-0.4, -0.2) is 36.4 Å². The summed E-state index contributed by atoms with van der Waals surface area (Å²) in [5, 5.41) is 0. The monoisotopic (exact) mass is 289 g/mol. The van der Waals surface area contributed by atoms with Gasteiger partial charge in [-0.15, -0.1) is 0 Å². The fourth-order valence-corrected chi connectivity index (χ4v) is 2.76. The summed E-state index contributed by atoms with van der Waals surface area (Å²) in [5.41, 5.74) is 6.89. The quantitative estimate of drug-likeness (QED) is 0.837. The van der Waals surface area contributed by atoms with Crippen molar-refractivity contribution in [1.82, 2.24) is 4.98 Å². The Balaban J connectivity index is 1.90. The van der Waals surface area contributed by atoms with Crippen LogP contribution in [0, 0.1) is 0 Å². The van der Waals surface area contributed by atoms with Gasteiger partial charge in [0.15, 0.2) is 0 Å². The van der Waals surface area contributed by atoms with Gasteiger partial charge in [0.1, 0.15) is 5.82 Å². The average Bonchev–Trinajstić information content (AvgIpc) is 2.97. The van der Waals surface area contributed by atoms with Gasteiger partial charge >= 0.3 is 7.12 Å². The molecule has 0 unspecified atom stereocenters. The first-order valence-corrected chi connectivity index (χ1v) is 7.66. The molecule has 1 aromatic heterocycles. The third-order valence-corrected chi connectivity index (χ3v) is 4.89. The molecule has 2 fully saturated rings. The average molecular weight is 289 g/mol. The van der Waals surface area contributed by atoms with Gasteiger partial charge in [0, 0.05) is 24.2 Å². The topological polar surface area (TPSA) is 60.6 Å². The Morgan fingerprint density at radius 3 is 2.29 bits per heavy atom. The molecule has 0 bridgehead atoms. The lowest BCUT2D eigenvalue weighted by atomic mass is 9.78. The minimum atomic E-state index is -0.431. The summed E-state index contributed by atoms with van der Waals surface area (Å²) < 4.78 is 12.2. The van der Waals surface area contributed by atoms with Crippen molar-refractivity contribution in [3.8, 4) is 0 Å². The van der Waals surface area contributed by atoms with Crippen molar-refractivity contribution in [2.24, 2.45) is 0 Å². The second kappa shape index (κ2) is 4.88. The first-order valence-electron chi connectivity index (χ1n) is 7.66. The minimum Gasteiger partial charge on any atom is -0.399 e. The molecule has 2 N–H and O–H groups in total. The van der Waals surface area contributed by atoms with E-state index in [2.05, 4.69) is 9.88 Å². The van der Waals surface area contributed by atoms with E-state index >= 15 is 0 Å². The maximum Gasteiger partial charge on any atom is 0.497 e. The van der Waals surface area contributed by atoms with Crippen LogP contribution in [0.15, 0.2) is 12.3 Å². The molecule has 21 heavy (non-hydrogen) atoms. The molecule has 0 aliphatic carbocycles. The van der Waals surface area contributed by atoms with Crippen LogP contribution in [-0.2, 0) is 9.31 Å². The van der Waals surface area contributed by atoms with Crippen LogP contribution in [0.1, 0.15) is 40.5 Å². The molecule has 0 amide bonds. The molecule has 3 rings (SSSR count). The highest BCUT2D eigenvalue weighted by Gasteiger charge is 2.52. The predicted octanol–water partition coefficient (Wildman–Crippen LogP) is 1.56. The van der Waals surface area contributed by atoms with Gasteiger partial charge in [0.05, 0.1) is 17.4 Å². The van der Waals surface area contributed by atoms with Crippen molar-refractivity contribution in [1.29, 1.82) is 0 Å². The largest absolute Gasteiger partial charge is 0.497 e. The molecule has 5 nitrogen and oxygen atoms in total. The molecule has 1 aromatic rings. The number of aromatic nitrogens is 1. The predicted molar refractivity (Wildman–Crippen MR) is 85.8 cm³/mol. The molecule has 0 radical (unpaired) electrons. The summed E-state index contributed by atoms with van der Waals surface area (Å²) in [7, 11) is -0.431. The lowest BCUT2D eigenvalue weighted by molar-refractivity contribution is 0.00578. The van der Waals surface area contributed by atoms with Crippen molar-refractivity contribution in [2.75, 3.05) is 23.7 Å². The van der Waals surface area contributed by atoms with Gasteiger partial charge in [-0.3, -0.25) is 0 Å². The van der Waals surface area contributed by atoms with E-state index in [1.54, 1.807) is 6.20 Å². The lowest BCUT2D eigenvalue weighted by Gasteiger charge is -2.32. The minimum absolute atomic E-state index is 0.360. The van der Waals surface area contributed by atoms with E-state index in [1.165, 1.54) is 12.8 Å². The fraction of sp³-hybridized carbons (Fsp3) is 0.667. The Labute approximate surface area is 127 Å². The number of nitrogens with zero attached hydrogens (tertiary/aromatic N) is 2. The number of anilines is 2. The first kappa shape index (κ1) is 14.7. The first-order chi connectivity index (χ1) is 9.80. The van der Waals surface area contributed by atoms with Crippen molar-refractivity contribution >= 4 is 24.1 Å². The smallest absolute Gasteiger partial charge is 0.399 e. The van der Waals surface area contributed by atoms with Gasteiger partial charge in [-0.25, -0.2) is 4.98 Å². The van der Waals surface area contributed by atoms with E-state index < -0.39 is 7.12 Å². The number of pyridine rings is 1. The number of nitrogens with two attached hydrogens (primary N) is 1. The van der Waals surface area contributed by atoms with Crippen LogP contribution in [0.5, 0.6) is 0 Å². The van der Waals surface area contributed by atoms with Crippen LogP contribution in [0.3, 0.4) is 0 Å². The molecular formula is C15H24BN3O2. The zero-order valence-electron chi connectivity index (χ0n) is 13.3. The standard InChI is InChI=1S/C15H24BN3O2/c1-14(2)15(3,4)21-16(20-14)11-9-13(18-10-12(11)17)19-7-5-6-8-19/h9-10H,5-8,17H2,1-4H3. The van der Waals surface area contributed by atoms with Crippen molar-refractivity contribution in [3.63, 3.8) is 0 Å². The lowest BCUT2D eigenvalue weighted by Crippen LogP contribution is -2.41. The van der Waals surface area contributed by atoms with E-state index in [1.807, 2.05) is 33.8 Å². The molecule has 2 aliphatic rings. The van der Waals surface area contributed by atoms with Gasteiger partial charge in [-0.2, -0.15) is 0 Å². The van der Waals surface area contributed by atoms with Gasteiger partial charge < -0.3 is 19.9 Å². The Bertz CT molecular complexity index is 526. The zero-order valence-corrected chi connectivity index (χ0v) is 13.3. The van der Waals surface area contributed by atoms with Gasteiger partial charge in [0.25, 0.3) is 0 Å². The molecule has 0 saturated carbocycles. The number of rotatable bonds is 2. The highest BCUT2D eigenvalue weighted by Crippen LogP contribution is 2.37. The second-order valence-corrected chi connectivity index (χ2v) is 6.95. The SMILES string of the molecule is CC1(C)OB(c2cc(N3CCCC3)ncc2N)OC1(C)C. The Hall–Kier alpha value is -1.27. The summed E-state index contributed by atoms with van der Waals surface area (Å²) in [6.07, 6.45) is 4.16. The van der Waals surface area contributed by atoms with Crippen LogP contribution < -0.4 is 16.1 Å². The highest BCUT2D eigenvalue weighted by atomic mass is 16.7. The molecule has 2 aliphatic heterocycles. The van der Waals surface area contributed by atoms with Gasteiger partial charge in [0.2, 0.25) is 0 Å². The molecule has 2 saturated heterocycles.